The molecule has 3 fully saturated rings. The van der Waals surface area contributed by atoms with E-state index in [-0.39, 0.29) is 34.6 Å². The van der Waals surface area contributed by atoms with Crippen LogP contribution in [0.4, 0.5) is 17.1 Å². The number of aromatic nitrogens is 3. The normalized spacial score (nSPS) is 25.2. The monoisotopic (exact) mass is 963 g/mol. The summed E-state index contributed by atoms with van der Waals surface area (Å²) in [5, 5.41) is 32.8. The predicted molar refractivity (Wildman–Crippen MR) is 261 cm³/mol. The largest absolute Gasteiger partial charge is 0.506 e. The van der Waals surface area contributed by atoms with Gasteiger partial charge in [-0.15, -0.1) is 35.3 Å². The first-order valence-corrected chi connectivity index (χ1v) is 24.7. The number of carbonyl (C=O) groups excluding carboxylic acids is 3. The van der Waals surface area contributed by atoms with E-state index in [4.69, 9.17) is 14.2 Å². The van der Waals surface area contributed by atoms with E-state index < -0.39 is 16.6 Å². The van der Waals surface area contributed by atoms with Crippen LogP contribution < -0.4 is 14.7 Å². The summed E-state index contributed by atoms with van der Waals surface area (Å²) >= 11 is 4.38. The van der Waals surface area contributed by atoms with E-state index in [9.17, 15) is 29.7 Å². The fourth-order valence-electron chi connectivity index (χ4n) is 7.20. The first kappa shape index (κ1) is 49.1. The zero-order chi connectivity index (χ0) is 47.2. The van der Waals surface area contributed by atoms with Gasteiger partial charge in [-0.2, -0.15) is 0 Å². The van der Waals surface area contributed by atoms with Gasteiger partial charge >= 0.3 is 0 Å². The van der Waals surface area contributed by atoms with E-state index in [1.54, 1.807) is 57.6 Å². The van der Waals surface area contributed by atoms with Crippen molar-refractivity contribution in [3.05, 3.63) is 53.9 Å². The zero-order valence-electron chi connectivity index (χ0n) is 38.1. The van der Waals surface area contributed by atoms with Crippen molar-refractivity contribution in [2.45, 2.75) is 58.2 Å². The number of rotatable bonds is 9. The number of ether oxygens (including phenoxy) is 3. The van der Waals surface area contributed by atoms with Crippen molar-refractivity contribution in [1.82, 2.24) is 15.0 Å². The Hall–Kier alpha value is -4.80. The van der Waals surface area contributed by atoms with Crippen LogP contribution in [-0.4, -0.2) is 176 Å². The summed E-state index contributed by atoms with van der Waals surface area (Å²) in [7, 11) is 0. The van der Waals surface area contributed by atoms with Crippen LogP contribution in [0.2, 0.25) is 0 Å². The van der Waals surface area contributed by atoms with Gasteiger partial charge in [0.15, 0.2) is 17.3 Å². The van der Waals surface area contributed by atoms with E-state index in [1.165, 1.54) is 35.3 Å². The summed E-state index contributed by atoms with van der Waals surface area (Å²) in [5.74, 6) is 2.14. The average molecular weight is 964 g/mol. The molecule has 0 amide bonds. The third kappa shape index (κ3) is 11.3. The van der Waals surface area contributed by atoms with Crippen LogP contribution in [0.3, 0.4) is 0 Å². The molecule has 0 unspecified atom stereocenters. The van der Waals surface area contributed by atoms with Crippen LogP contribution in [0.5, 0.6) is 17.2 Å². The third-order valence-corrected chi connectivity index (χ3v) is 15.9. The van der Waals surface area contributed by atoms with Crippen molar-refractivity contribution in [3.8, 4) is 17.2 Å². The molecule has 0 bridgehead atoms. The Morgan fingerprint density at radius 2 is 0.727 bits per heavy atom. The SMILES string of the molecule is CC(=O)[C@@]1(C)CSC(c2ncc(N3CCOCC3)cc2O)=N1.CC(=O)[C@@]1(C)CSC(c2ncc(N3CCOCC3)cc2O)=N1.CC(=O)[C@@]1(C)CSC(c2ncc(N3CCOCC3)cc2O)=N1. The second-order valence-electron chi connectivity index (χ2n) is 17.1. The van der Waals surface area contributed by atoms with Gasteiger partial charge in [0.1, 0.15) is 66.1 Å². The molecule has 0 saturated carbocycles. The molecule has 6 aliphatic rings. The van der Waals surface area contributed by atoms with Crippen LogP contribution in [0, 0.1) is 0 Å². The van der Waals surface area contributed by atoms with Gasteiger partial charge in [-0.25, -0.2) is 15.0 Å². The molecule has 21 heteroatoms. The van der Waals surface area contributed by atoms with E-state index in [0.29, 0.717) is 89.1 Å². The molecule has 0 aliphatic carbocycles. The molecule has 18 nitrogen and oxygen atoms in total. The van der Waals surface area contributed by atoms with Crippen LogP contribution in [-0.2, 0) is 28.6 Å². The van der Waals surface area contributed by atoms with Crippen molar-refractivity contribution in [1.29, 1.82) is 0 Å². The second kappa shape index (κ2) is 21.0. The summed E-state index contributed by atoms with van der Waals surface area (Å²) in [4.78, 5) is 67.9. The lowest BCUT2D eigenvalue weighted by Crippen LogP contribution is -2.36. The molecule has 6 aliphatic heterocycles. The summed E-state index contributed by atoms with van der Waals surface area (Å²) in [6.45, 7) is 18.9. The number of ketones is 3. The standard InChI is InChI=1S/3C15H19N3O3S/c3*1-10(19)15(2)9-22-14(17-15)13-12(20)7-11(8-16-13)18-3-5-21-6-4-18/h3*7-8,20H,3-6,9H2,1-2H3/t3*15-/m111/s1. The third-order valence-electron chi connectivity index (χ3n) is 12.1. The minimum absolute atomic E-state index is 0.0272. The number of Topliss-reactive ketones (excluding diaryl/α,β-unsaturated/α-hetero) is 3. The Bertz CT molecular complexity index is 2150. The van der Waals surface area contributed by atoms with Crippen molar-refractivity contribution < 1.29 is 43.9 Å². The highest BCUT2D eigenvalue weighted by atomic mass is 32.2. The van der Waals surface area contributed by atoms with Crippen molar-refractivity contribution in [2.75, 3.05) is 111 Å². The number of thioether (sulfide) groups is 3. The molecule has 0 spiro atoms. The number of hydrogen-bond donors (Lipinski definition) is 3. The number of carbonyl (C=O) groups is 3. The Kier molecular flexibility index (Phi) is 15.6. The smallest absolute Gasteiger partial charge is 0.157 e. The van der Waals surface area contributed by atoms with Crippen molar-refractivity contribution in [3.63, 3.8) is 0 Å². The predicted octanol–water partition coefficient (Wildman–Crippen LogP) is 4.39. The lowest BCUT2D eigenvalue weighted by atomic mass is 10.0. The van der Waals surface area contributed by atoms with Crippen molar-refractivity contribution >= 4 is 84.8 Å². The first-order chi connectivity index (χ1) is 31.5. The number of hydrogen-bond acceptors (Lipinski definition) is 21. The van der Waals surface area contributed by atoms with Crippen LogP contribution in [0.25, 0.3) is 0 Å². The molecule has 3 N–H and O–H groups in total. The van der Waals surface area contributed by atoms with Gasteiger partial charge < -0.3 is 44.2 Å². The van der Waals surface area contributed by atoms with E-state index >= 15 is 0 Å². The minimum Gasteiger partial charge on any atom is -0.506 e. The molecule has 9 heterocycles. The van der Waals surface area contributed by atoms with Gasteiger partial charge in [0.05, 0.1) is 75.3 Å². The fourth-order valence-corrected chi connectivity index (χ4v) is 10.9. The molecule has 3 saturated heterocycles. The average Bonchev–Trinajstić information content (AvgIpc) is 4.05. The van der Waals surface area contributed by atoms with E-state index in [2.05, 4.69) is 44.6 Å². The molecule has 9 rings (SSSR count). The van der Waals surface area contributed by atoms with Crippen LogP contribution in [0.15, 0.2) is 51.8 Å². The van der Waals surface area contributed by atoms with Gasteiger partial charge in [0, 0.05) is 74.7 Å². The molecule has 0 radical (unpaired) electrons. The molecule has 3 atom stereocenters. The van der Waals surface area contributed by atoms with E-state index in [0.717, 1.165) is 56.3 Å². The Morgan fingerprint density at radius 1 is 0.485 bits per heavy atom. The summed E-state index contributed by atoms with van der Waals surface area (Å²) in [6, 6.07) is 5.13. The maximum absolute atomic E-state index is 11.7. The number of aromatic hydroxyl groups is 3. The van der Waals surface area contributed by atoms with Gasteiger partial charge in [-0.05, 0) is 41.5 Å². The Balaban J connectivity index is 0.000000147. The quantitative estimate of drug-likeness (QED) is 0.270. The molecule has 0 aromatic carbocycles. The molecule has 3 aromatic rings. The number of morpholine rings is 3. The molecule has 66 heavy (non-hydrogen) atoms. The molecular formula is C45H57N9O9S3. The summed E-state index contributed by atoms with van der Waals surface area (Å²) < 4.78 is 16.0. The van der Waals surface area contributed by atoms with Crippen LogP contribution in [0.1, 0.15) is 58.6 Å². The number of anilines is 3. The maximum Gasteiger partial charge on any atom is 0.157 e. The highest BCUT2D eigenvalue weighted by Crippen LogP contribution is 2.37. The highest BCUT2D eigenvalue weighted by molar-refractivity contribution is 8.15. The highest BCUT2D eigenvalue weighted by Gasteiger charge is 2.39. The van der Waals surface area contributed by atoms with Gasteiger partial charge in [0.25, 0.3) is 0 Å². The lowest BCUT2D eigenvalue weighted by molar-refractivity contribution is -0.121. The van der Waals surface area contributed by atoms with Gasteiger partial charge in [-0.1, -0.05) is 0 Å². The molecular weight excluding hydrogens is 907 g/mol. The van der Waals surface area contributed by atoms with Gasteiger partial charge in [0.2, 0.25) is 0 Å². The number of nitrogens with zero attached hydrogens (tertiary/aromatic N) is 9. The van der Waals surface area contributed by atoms with Crippen LogP contribution >= 0.6 is 35.3 Å². The maximum atomic E-state index is 11.7. The Morgan fingerprint density at radius 3 is 0.924 bits per heavy atom. The van der Waals surface area contributed by atoms with Gasteiger partial charge in [-0.3, -0.25) is 29.4 Å². The second-order valence-corrected chi connectivity index (χ2v) is 20.0. The van der Waals surface area contributed by atoms with Crippen molar-refractivity contribution in [2.24, 2.45) is 15.0 Å². The minimum atomic E-state index is -0.711. The zero-order valence-corrected chi connectivity index (χ0v) is 40.6. The molecule has 3 aromatic heterocycles. The topological polar surface area (TPSA) is 225 Å². The Labute approximate surface area is 397 Å². The fraction of sp³-hybridized carbons (Fsp3) is 0.533. The van der Waals surface area contributed by atoms with E-state index in [1.807, 2.05) is 20.8 Å². The first-order valence-electron chi connectivity index (χ1n) is 21.8. The summed E-state index contributed by atoms with van der Waals surface area (Å²) in [6.07, 6.45) is 5.23. The lowest BCUT2D eigenvalue weighted by Gasteiger charge is -2.28. The number of aliphatic imine (C=N–C) groups is 3. The number of pyridine rings is 3. The summed E-state index contributed by atoms with van der Waals surface area (Å²) in [5.41, 5.74) is 1.85. The molecule has 354 valence electrons.